The highest BCUT2D eigenvalue weighted by Crippen LogP contribution is 2.57. The van der Waals surface area contributed by atoms with Crippen molar-refractivity contribution in [3.05, 3.63) is 154 Å². The summed E-state index contributed by atoms with van der Waals surface area (Å²) in [5, 5.41) is 0. The smallest absolute Gasteiger partial charge is 0.340 e. The van der Waals surface area contributed by atoms with Crippen LogP contribution in [0.15, 0.2) is 121 Å². The van der Waals surface area contributed by atoms with Crippen LogP contribution in [-0.2, 0) is 10.3 Å². The average molecular weight is 412 g/mol. The molecular weight excluding hydrogens is 392 g/mol. The lowest BCUT2D eigenvalue weighted by Gasteiger charge is -2.28. The number of benzene rings is 4. The highest BCUT2D eigenvalue weighted by Gasteiger charge is 2.54. The Bertz CT molecular complexity index is 1400. The number of hydrogen-bond donors (Lipinski definition) is 0. The lowest BCUT2D eigenvalue weighted by Crippen LogP contribution is -2.27. The molecule has 0 aromatic heterocycles. The maximum atomic E-state index is 13.0. The highest BCUT2D eigenvalue weighted by atomic mass is 16.6. The van der Waals surface area contributed by atoms with Gasteiger partial charge in [-0.15, -0.1) is 0 Å². The first-order chi connectivity index (χ1) is 15.8. The van der Waals surface area contributed by atoms with Crippen molar-refractivity contribution in [1.82, 2.24) is 0 Å². The lowest BCUT2D eigenvalue weighted by molar-refractivity contribution is 0.0260. The van der Waals surface area contributed by atoms with Gasteiger partial charge in [0.05, 0.1) is 5.56 Å². The maximum Gasteiger partial charge on any atom is 0.340 e. The van der Waals surface area contributed by atoms with Crippen molar-refractivity contribution >= 4 is 17.6 Å². The summed E-state index contributed by atoms with van der Waals surface area (Å²) in [6.07, 6.45) is 4.22. The van der Waals surface area contributed by atoms with Crippen molar-refractivity contribution in [3.8, 4) is 0 Å². The second kappa shape index (κ2) is 7.21. The summed E-state index contributed by atoms with van der Waals surface area (Å²) >= 11 is 0. The average Bonchev–Trinajstić information content (AvgIpc) is 3.31. The van der Waals surface area contributed by atoms with Gasteiger partial charge in [0, 0.05) is 16.7 Å². The summed E-state index contributed by atoms with van der Waals surface area (Å²) in [5.74, 6) is -0.282. The maximum absolute atomic E-state index is 13.0. The summed E-state index contributed by atoms with van der Waals surface area (Å²) in [5.41, 5.74) is 6.94. The molecule has 1 aliphatic heterocycles. The van der Waals surface area contributed by atoms with Gasteiger partial charge in [-0.05, 0) is 28.3 Å². The molecule has 0 radical (unpaired) electrons. The zero-order valence-electron chi connectivity index (χ0n) is 17.4. The Morgan fingerprint density at radius 1 is 0.594 bits per heavy atom. The summed E-state index contributed by atoms with van der Waals surface area (Å²) in [6.45, 7) is 0. The van der Waals surface area contributed by atoms with Crippen LogP contribution in [0.25, 0.3) is 11.6 Å². The fourth-order valence-corrected chi connectivity index (χ4v) is 4.95. The fourth-order valence-electron chi connectivity index (χ4n) is 4.95. The lowest BCUT2D eigenvalue weighted by atomic mass is 9.82. The number of carbonyl (C=O) groups excluding carboxylic acids is 1. The SMILES string of the molecule is O=C1OC2(C(/C=C/c3ccccc3)=C(c3ccccc3)c3ccccc32)c2ccccc21. The Hall–Kier alpha value is -4.17. The van der Waals surface area contributed by atoms with Gasteiger partial charge in [-0.1, -0.05) is 115 Å². The molecule has 1 atom stereocenters. The first-order valence-corrected chi connectivity index (χ1v) is 10.7. The minimum Gasteiger partial charge on any atom is -0.441 e. The van der Waals surface area contributed by atoms with Crippen molar-refractivity contribution in [1.29, 1.82) is 0 Å². The van der Waals surface area contributed by atoms with Crippen LogP contribution in [0.5, 0.6) is 0 Å². The molecule has 2 heteroatoms. The van der Waals surface area contributed by atoms with Crippen LogP contribution in [-0.4, -0.2) is 5.97 Å². The molecule has 152 valence electrons. The van der Waals surface area contributed by atoms with E-state index in [4.69, 9.17) is 4.74 Å². The van der Waals surface area contributed by atoms with Crippen LogP contribution in [0.3, 0.4) is 0 Å². The zero-order valence-corrected chi connectivity index (χ0v) is 17.4. The minimum atomic E-state index is -0.958. The number of rotatable bonds is 3. The van der Waals surface area contributed by atoms with Gasteiger partial charge < -0.3 is 4.74 Å². The van der Waals surface area contributed by atoms with E-state index in [2.05, 4.69) is 48.6 Å². The van der Waals surface area contributed by atoms with Crippen LogP contribution in [0.1, 0.15) is 38.2 Å². The number of hydrogen-bond acceptors (Lipinski definition) is 2. The van der Waals surface area contributed by atoms with Gasteiger partial charge in [0.1, 0.15) is 0 Å². The minimum absolute atomic E-state index is 0.282. The van der Waals surface area contributed by atoms with E-state index < -0.39 is 5.60 Å². The van der Waals surface area contributed by atoms with E-state index in [1.165, 1.54) is 0 Å². The molecule has 1 spiro atoms. The normalized spacial score (nSPS) is 18.8. The van der Waals surface area contributed by atoms with Gasteiger partial charge in [-0.3, -0.25) is 0 Å². The van der Waals surface area contributed by atoms with Crippen LogP contribution in [0.2, 0.25) is 0 Å². The molecule has 32 heavy (non-hydrogen) atoms. The number of fused-ring (bicyclic) bond motifs is 4. The van der Waals surface area contributed by atoms with Gasteiger partial charge in [0.15, 0.2) is 5.60 Å². The quantitative estimate of drug-likeness (QED) is 0.353. The topological polar surface area (TPSA) is 26.3 Å². The van der Waals surface area contributed by atoms with Crippen LogP contribution in [0, 0.1) is 0 Å². The first kappa shape index (κ1) is 18.6. The van der Waals surface area contributed by atoms with Crippen molar-refractivity contribution in [3.63, 3.8) is 0 Å². The molecule has 1 heterocycles. The van der Waals surface area contributed by atoms with E-state index in [9.17, 15) is 4.79 Å². The summed E-state index contributed by atoms with van der Waals surface area (Å²) in [4.78, 5) is 13.0. The third-order valence-electron chi connectivity index (χ3n) is 6.30. The zero-order chi connectivity index (χ0) is 21.5. The highest BCUT2D eigenvalue weighted by molar-refractivity contribution is 6.01. The Morgan fingerprint density at radius 2 is 1.16 bits per heavy atom. The molecule has 1 unspecified atom stereocenters. The van der Waals surface area contributed by atoms with Gasteiger partial charge in [-0.25, -0.2) is 4.79 Å². The van der Waals surface area contributed by atoms with E-state index in [1.54, 1.807) is 0 Å². The predicted molar refractivity (Wildman–Crippen MR) is 127 cm³/mol. The van der Waals surface area contributed by atoms with E-state index >= 15 is 0 Å². The first-order valence-electron chi connectivity index (χ1n) is 10.7. The van der Waals surface area contributed by atoms with E-state index in [1.807, 2.05) is 72.8 Å². The van der Waals surface area contributed by atoms with Gasteiger partial charge in [-0.2, -0.15) is 0 Å². The molecule has 1 aliphatic carbocycles. The third kappa shape index (κ3) is 2.63. The molecule has 2 nitrogen and oxygen atoms in total. The Kier molecular flexibility index (Phi) is 4.19. The molecule has 0 bridgehead atoms. The number of ether oxygens (including phenoxy) is 1. The fraction of sp³-hybridized carbons (Fsp3) is 0.0333. The molecule has 0 N–H and O–H groups in total. The second-order valence-corrected chi connectivity index (χ2v) is 8.06. The van der Waals surface area contributed by atoms with Gasteiger partial charge >= 0.3 is 5.97 Å². The van der Waals surface area contributed by atoms with Crippen molar-refractivity contribution < 1.29 is 9.53 Å². The van der Waals surface area contributed by atoms with Crippen LogP contribution < -0.4 is 0 Å². The standard InChI is InChI=1S/C30H20O2/c31-29-24-16-8-10-18-26(24)30(32-29)25-17-9-7-15-23(25)28(22-13-5-2-6-14-22)27(30)20-19-21-11-3-1-4-12-21/h1-20H/b20-19+. The summed E-state index contributed by atoms with van der Waals surface area (Å²) in [7, 11) is 0. The molecule has 4 aromatic carbocycles. The van der Waals surface area contributed by atoms with Crippen molar-refractivity contribution in [2.45, 2.75) is 5.60 Å². The Morgan fingerprint density at radius 3 is 1.88 bits per heavy atom. The van der Waals surface area contributed by atoms with E-state index in [0.717, 1.165) is 39.0 Å². The molecule has 0 fully saturated rings. The second-order valence-electron chi connectivity index (χ2n) is 8.06. The van der Waals surface area contributed by atoms with Crippen molar-refractivity contribution in [2.75, 3.05) is 0 Å². The number of carbonyl (C=O) groups is 1. The van der Waals surface area contributed by atoms with Gasteiger partial charge in [0.2, 0.25) is 0 Å². The molecule has 0 amide bonds. The molecule has 2 aliphatic rings. The van der Waals surface area contributed by atoms with E-state index in [0.29, 0.717) is 5.56 Å². The molecule has 0 saturated heterocycles. The molecule has 6 rings (SSSR count). The van der Waals surface area contributed by atoms with Crippen molar-refractivity contribution in [2.24, 2.45) is 0 Å². The molecule has 0 saturated carbocycles. The monoisotopic (exact) mass is 412 g/mol. The van der Waals surface area contributed by atoms with Gasteiger partial charge in [0.25, 0.3) is 0 Å². The Labute approximate surface area is 187 Å². The molecule has 4 aromatic rings. The summed E-state index contributed by atoms with van der Waals surface area (Å²) < 4.78 is 6.31. The molecular formula is C30H20O2. The predicted octanol–water partition coefficient (Wildman–Crippen LogP) is 6.63. The third-order valence-corrected chi connectivity index (χ3v) is 6.30. The van der Waals surface area contributed by atoms with E-state index in [-0.39, 0.29) is 5.97 Å². The van der Waals surface area contributed by atoms with Crippen LogP contribution in [0.4, 0.5) is 0 Å². The Balaban J connectivity index is 1.69. The number of esters is 1. The van der Waals surface area contributed by atoms with Crippen LogP contribution >= 0.6 is 0 Å². The largest absolute Gasteiger partial charge is 0.441 e. The summed E-state index contributed by atoms with van der Waals surface area (Å²) in [6, 6.07) is 36.5.